The van der Waals surface area contributed by atoms with E-state index in [4.69, 9.17) is 14.9 Å². The summed E-state index contributed by atoms with van der Waals surface area (Å²) in [6, 6.07) is 6.48. The number of ether oxygens (including phenoxy) is 2. The Kier molecular flexibility index (Phi) is 4.05. The second-order valence-electron chi connectivity index (χ2n) is 4.06. The van der Waals surface area contributed by atoms with Crippen molar-refractivity contribution < 1.29 is 23.1 Å². The molecule has 2 aromatic rings. The fourth-order valence-electron chi connectivity index (χ4n) is 1.77. The van der Waals surface area contributed by atoms with Gasteiger partial charge in [-0.25, -0.2) is 9.18 Å². The summed E-state index contributed by atoms with van der Waals surface area (Å²) in [5.41, 5.74) is 6.18. The molecule has 1 aromatic carbocycles. The topological polar surface area (TPSA) is 74.7 Å². The van der Waals surface area contributed by atoms with E-state index in [1.807, 2.05) is 0 Å². The third-order valence-electron chi connectivity index (χ3n) is 2.86. The fourth-order valence-corrected chi connectivity index (χ4v) is 1.77. The van der Waals surface area contributed by atoms with E-state index in [9.17, 15) is 9.18 Å². The van der Waals surface area contributed by atoms with Gasteiger partial charge in [-0.15, -0.1) is 0 Å². The Balaban J connectivity index is 2.29. The average molecular weight is 279 g/mol. The van der Waals surface area contributed by atoms with Crippen molar-refractivity contribution in [2.24, 2.45) is 5.73 Å². The maximum absolute atomic E-state index is 13.9. The van der Waals surface area contributed by atoms with Crippen molar-refractivity contribution in [1.82, 2.24) is 0 Å². The van der Waals surface area contributed by atoms with Crippen LogP contribution < -0.4 is 10.5 Å². The lowest BCUT2D eigenvalue weighted by Gasteiger charge is -2.11. The van der Waals surface area contributed by atoms with Crippen molar-refractivity contribution in [3.8, 4) is 5.75 Å². The Bertz CT molecular complexity index is 623. The molecule has 0 saturated heterocycles. The average Bonchev–Trinajstić information content (AvgIpc) is 2.95. The quantitative estimate of drug-likeness (QED) is 0.869. The summed E-state index contributed by atoms with van der Waals surface area (Å²) in [6.45, 7) is 0. The van der Waals surface area contributed by atoms with Crippen LogP contribution in [0.15, 0.2) is 34.7 Å². The molecule has 0 amide bonds. The predicted octanol–water partition coefficient (Wildman–Crippen LogP) is 2.26. The molecular formula is C14H14FNO4. The zero-order valence-corrected chi connectivity index (χ0v) is 11.1. The molecule has 1 atom stereocenters. The van der Waals surface area contributed by atoms with Gasteiger partial charge in [0.2, 0.25) is 5.76 Å². The van der Waals surface area contributed by atoms with Gasteiger partial charge >= 0.3 is 5.97 Å². The number of carbonyl (C=O) groups excluding carboxylic acids is 1. The lowest BCUT2D eigenvalue weighted by Crippen LogP contribution is -2.13. The van der Waals surface area contributed by atoms with E-state index in [2.05, 4.69) is 4.74 Å². The van der Waals surface area contributed by atoms with E-state index in [-0.39, 0.29) is 17.1 Å². The molecule has 0 spiro atoms. The molecule has 6 heteroatoms. The van der Waals surface area contributed by atoms with E-state index < -0.39 is 17.8 Å². The van der Waals surface area contributed by atoms with Crippen molar-refractivity contribution in [1.29, 1.82) is 0 Å². The minimum atomic E-state index is -0.820. The molecule has 0 bridgehead atoms. The second kappa shape index (κ2) is 5.75. The molecular weight excluding hydrogens is 265 g/mol. The minimum absolute atomic E-state index is 0.0202. The Morgan fingerprint density at radius 1 is 1.30 bits per heavy atom. The Hall–Kier alpha value is -2.34. The zero-order valence-electron chi connectivity index (χ0n) is 11.1. The lowest BCUT2D eigenvalue weighted by atomic mass is 10.0. The highest BCUT2D eigenvalue weighted by Crippen LogP contribution is 2.26. The molecule has 1 unspecified atom stereocenters. The summed E-state index contributed by atoms with van der Waals surface area (Å²) < 4.78 is 28.6. The largest absolute Gasteiger partial charge is 0.497 e. The van der Waals surface area contributed by atoms with E-state index in [0.29, 0.717) is 5.75 Å². The SMILES string of the molecule is COC(=O)c1ccc(C(N)c2ccc(OC)cc2F)o1. The Labute approximate surface area is 115 Å². The number of carbonyl (C=O) groups is 1. The summed E-state index contributed by atoms with van der Waals surface area (Å²) in [5.74, 6) is -0.430. The molecule has 1 aromatic heterocycles. The van der Waals surface area contributed by atoms with Crippen molar-refractivity contribution in [2.45, 2.75) is 6.04 Å². The third kappa shape index (κ3) is 2.65. The first-order valence-electron chi connectivity index (χ1n) is 5.84. The van der Waals surface area contributed by atoms with Crippen LogP contribution in [0.5, 0.6) is 5.75 Å². The molecule has 106 valence electrons. The molecule has 1 heterocycles. The number of esters is 1. The van der Waals surface area contributed by atoms with Gasteiger partial charge in [0.15, 0.2) is 0 Å². The van der Waals surface area contributed by atoms with Crippen LogP contribution in [-0.2, 0) is 4.74 Å². The monoisotopic (exact) mass is 279 g/mol. The summed E-state index contributed by atoms with van der Waals surface area (Å²) >= 11 is 0. The van der Waals surface area contributed by atoms with E-state index in [1.165, 1.54) is 38.5 Å². The summed E-state index contributed by atoms with van der Waals surface area (Å²) in [5, 5.41) is 0. The maximum atomic E-state index is 13.9. The third-order valence-corrected chi connectivity index (χ3v) is 2.86. The van der Waals surface area contributed by atoms with Crippen molar-refractivity contribution in [3.05, 3.63) is 53.2 Å². The fraction of sp³-hybridized carbons (Fsp3) is 0.214. The number of halogens is 1. The van der Waals surface area contributed by atoms with Crippen LogP contribution in [0.25, 0.3) is 0 Å². The summed E-state index contributed by atoms with van der Waals surface area (Å²) in [6.07, 6.45) is 0. The van der Waals surface area contributed by atoms with Crippen LogP contribution in [0, 0.1) is 5.82 Å². The summed E-state index contributed by atoms with van der Waals surface area (Å²) in [4.78, 5) is 11.3. The highest BCUT2D eigenvalue weighted by Gasteiger charge is 2.20. The van der Waals surface area contributed by atoms with Gasteiger partial charge in [0.1, 0.15) is 17.3 Å². The highest BCUT2D eigenvalue weighted by molar-refractivity contribution is 5.86. The number of furan rings is 1. The van der Waals surface area contributed by atoms with Crippen LogP contribution in [0.2, 0.25) is 0 Å². The first-order valence-corrected chi connectivity index (χ1v) is 5.84. The van der Waals surface area contributed by atoms with Gasteiger partial charge in [0.25, 0.3) is 0 Å². The Morgan fingerprint density at radius 2 is 2.05 bits per heavy atom. The standard InChI is InChI=1S/C14H14FNO4/c1-18-8-3-4-9(10(15)7-8)13(16)11-5-6-12(20-11)14(17)19-2/h3-7,13H,16H2,1-2H3. The van der Waals surface area contributed by atoms with Gasteiger partial charge in [-0.05, 0) is 18.2 Å². The number of hydrogen-bond donors (Lipinski definition) is 1. The van der Waals surface area contributed by atoms with Gasteiger partial charge in [-0.2, -0.15) is 0 Å². The first kappa shape index (κ1) is 14.1. The van der Waals surface area contributed by atoms with Crippen molar-refractivity contribution >= 4 is 5.97 Å². The number of nitrogens with two attached hydrogens (primary N) is 1. The molecule has 0 fully saturated rings. The van der Waals surface area contributed by atoms with Crippen LogP contribution in [0.4, 0.5) is 4.39 Å². The van der Waals surface area contributed by atoms with Gasteiger partial charge in [0.05, 0.1) is 20.3 Å². The van der Waals surface area contributed by atoms with Crippen LogP contribution in [-0.4, -0.2) is 20.2 Å². The Morgan fingerprint density at radius 3 is 2.65 bits per heavy atom. The van der Waals surface area contributed by atoms with Gasteiger partial charge in [0, 0.05) is 11.6 Å². The van der Waals surface area contributed by atoms with Gasteiger partial charge in [-0.1, -0.05) is 6.07 Å². The van der Waals surface area contributed by atoms with Crippen LogP contribution >= 0.6 is 0 Å². The summed E-state index contributed by atoms with van der Waals surface area (Å²) in [7, 11) is 2.69. The van der Waals surface area contributed by atoms with E-state index in [0.717, 1.165) is 0 Å². The van der Waals surface area contributed by atoms with Crippen molar-refractivity contribution in [2.75, 3.05) is 14.2 Å². The molecule has 0 aliphatic carbocycles. The molecule has 0 aliphatic heterocycles. The molecule has 0 saturated carbocycles. The number of hydrogen-bond acceptors (Lipinski definition) is 5. The van der Waals surface area contributed by atoms with E-state index in [1.54, 1.807) is 6.07 Å². The number of methoxy groups -OCH3 is 2. The molecule has 0 radical (unpaired) electrons. The number of benzene rings is 1. The molecule has 2 N–H and O–H groups in total. The first-order chi connectivity index (χ1) is 9.56. The maximum Gasteiger partial charge on any atom is 0.373 e. The zero-order chi connectivity index (χ0) is 14.7. The van der Waals surface area contributed by atoms with E-state index >= 15 is 0 Å². The minimum Gasteiger partial charge on any atom is -0.497 e. The molecule has 5 nitrogen and oxygen atoms in total. The number of rotatable bonds is 4. The van der Waals surface area contributed by atoms with Crippen molar-refractivity contribution in [3.63, 3.8) is 0 Å². The smallest absolute Gasteiger partial charge is 0.373 e. The lowest BCUT2D eigenvalue weighted by molar-refractivity contribution is 0.0562. The molecule has 0 aliphatic rings. The highest BCUT2D eigenvalue weighted by atomic mass is 19.1. The van der Waals surface area contributed by atoms with Gasteiger partial charge < -0.3 is 19.6 Å². The predicted molar refractivity (Wildman–Crippen MR) is 69.0 cm³/mol. The second-order valence-corrected chi connectivity index (χ2v) is 4.06. The van der Waals surface area contributed by atoms with Crippen LogP contribution in [0.1, 0.15) is 27.9 Å². The molecule has 2 rings (SSSR count). The normalized spacial score (nSPS) is 12.0. The molecule has 20 heavy (non-hydrogen) atoms. The van der Waals surface area contributed by atoms with Crippen LogP contribution in [0.3, 0.4) is 0 Å². The van der Waals surface area contributed by atoms with Gasteiger partial charge in [-0.3, -0.25) is 0 Å².